The second-order valence-electron chi connectivity index (χ2n) is 3.63. The van der Waals surface area contributed by atoms with Gasteiger partial charge in [-0.3, -0.25) is 4.79 Å². The SMILES string of the molecule is CCCNC(=O)COC(=O)c1cccc(N)c1Br. The number of halogens is 1. The van der Waals surface area contributed by atoms with Crippen molar-refractivity contribution in [3.05, 3.63) is 28.2 Å². The molecule has 1 aromatic rings. The van der Waals surface area contributed by atoms with Gasteiger partial charge in [-0.2, -0.15) is 0 Å². The first-order valence-corrected chi connectivity index (χ1v) is 6.33. The average molecular weight is 315 g/mol. The van der Waals surface area contributed by atoms with Gasteiger partial charge in [-0.05, 0) is 34.5 Å². The Kier molecular flexibility index (Phi) is 5.64. The summed E-state index contributed by atoms with van der Waals surface area (Å²) in [6.45, 7) is 2.22. The van der Waals surface area contributed by atoms with E-state index >= 15 is 0 Å². The highest BCUT2D eigenvalue weighted by Crippen LogP contribution is 2.24. The molecule has 98 valence electrons. The predicted octanol–water partition coefficient (Wildman–Crippen LogP) is 1.71. The van der Waals surface area contributed by atoms with Crippen LogP contribution in [0.15, 0.2) is 22.7 Å². The first kappa shape index (κ1) is 14.5. The number of hydrogen-bond acceptors (Lipinski definition) is 4. The Morgan fingerprint density at radius 2 is 2.17 bits per heavy atom. The predicted molar refractivity (Wildman–Crippen MR) is 72.1 cm³/mol. The van der Waals surface area contributed by atoms with Gasteiger partial charge in [0.05, 0.1) is 10.0 Å². The maximum absolute atomic E-state index is 11.7. The van der Waals surface area contributed by atoms with Crippen LogP contribution in [0.4, 0.5) is 5.69 Å². The standard InChI is InChI=1S/C12H15BrN2O3/c1-2-6-15-10(16)7-18-12(17)8-4-3-5-9(14)11(8)13/h3-5H,2,6-7,14H2,1H3,(H,15,16). The minimum absolute atomic E-state index is 0.292. The maximum atomic E-state index is 11.7. The first-order chi connectivity index (χ1) is 8.56. The Morgan fingerprint density at radius 1 is 1.44 bits per heavy atom. The van der Waals surface area contributed by atoms with E-state index in [4.69, 9.17) is 10.5 Å². The van der Waals surface area contributed by atoms with Crippen molar-refractivity contribution >= 4 is 33.5 Å². The molecule has 0 saturated heterocycles. The highest BCUT2D eigenvalue weighted by Gasteiger charge is 2.14. The van der Waals surface area contributed by atoms with E-state index in [1.165, 1.54) is 0 Å². The third-order valence-electron chi connectivity index (χ3n) is 2.16. The number of ether oxygens (including phenoxy) is 1. The number of amides is 1. The maximum Gasteiger partial charge on any atom is 0.339 e. The molecule has 0 saturated carbocycles. The Bertz CT molecular complexity index is 449. The monoisotopic (exact) mass is 314 g/mol. The Morgan fingerprint density at radius 3 is 2.83 bits per heavy atom. The molecule has 0 aliphatic carbocycles. The molecule has 0 aliphatic rings. The summed E-state index contributed by atoms with van der Waals surface area (Å²) in [6.07, 6.45) is 0.834. The minimum atomic E-state index is -0.583. The van der Waals surface area contributed by atoms with Gasteiger partial charge in [-0.15, -0.1) is 0 Å². The lowest BCUT2D eigenvalue weighted by Gasteiger charge is -2.07. The summed E-state index contributed by atoms with van der Waals surface area (Å²) >= 11 is 3.20. The molecule has 1 rings (SSSR count). The van der Waals surface area contributed by atoms with Crippen LogP contribution in [0.25, 0.3) is 0 Å². The fraction of sp³-hybridized carbons (Fsp3) is 0.333. The number of nitrogens with one attached hydrogen (secondary N) is 1. The van der Waals surface area contributed by atoms with Gasteiger partial charge < -0.3 is 15.8 Å². The van der Waals surface area contributed by atoms with Gasteiger partial charge in [0.25, 0.3) is 5.91 Å². The van der Waals surface area contributed by atoms with Gasteiger partial charge in [0.1, 0.15) is 0 Å². The molecule has 0 unspecified atom stereocenters. The summed E-state index contributed by atoms with van der Waals surface area (Å²) in [5, 5.41) is 2.61. The van der Waals surface area contributed by atoms with Gasteiger partial charge in [-0.25, -0.2) is 4.79 Å². The minimum Gasteiger partial charge on any atom is -0.452 e. The van der Waals surface area contributed by atoms with E-state index in [1.54, 1.807) is 18.2 Å². The molecule has 6 heteroatoms. The molecular formula is C12H15BrN2O3. The summed E-state index contributed by atoms with van der Waals surface area (Å²) in [5.41, 5.74) is 6.39. The van der Waals surface area contributed by atoms with E-state index in [1.807, 2.05) is 6.92 Å². The summed E-state index contributed by atoms with van der Waals surface area (Å²) in [4.78, 5) is 23.0. The molecule has 3 N–H and O–H groups in total. The van der Waals surface area contributed by atoms with Crippen LogP contribution in [0, 0.1) is 0 Å². The Hall–Kier alpha value is -1.56. The van der Waals surface area contributed by atoms with Crippen LogP contribution in [0.5, 0.6) is 0 Å². The zero-order valence-electron chi connectivity index (χ0n) is 10.0. The summed E-state index contributed by atoms with van der Waals surface area (Å²) < 4.78 is 5.36. The highest BCUT2D eigenvalue weighted by molar-refractivity contribution is 9.10. The highest BCUT2D eigenvalue weighted by atomic mass is 79.9. The lowest BCUT2D eigenvalue weighted by molar-refractivity contribution is -0.124. The molecule has 0 aromatic heterocycles. The van der Waals surface area contributed by atoms with Crippen LogP contribution < -0.4 is 11.1 Å². The molecule has 18 heavy (non-hydrogen) atoms. The third-order valence-corrected chi connectivity index (χ3v) is 3.04. The average Bonchev–Trinajstić information content (AvgIpc) is 2.36. The molecule has 0 fully saturated rings. The third kappa shape index (κ3) is 4.03. The lowest BCUT2D eigenvalue weighted by Crippen LogP contribution is -2.29. The molecule has 1 amide bonds. The fourth-order valence-corrected chi connectivity index (χ4v) is 1.66. The lowest BCUT2D eigenvalue weighted by atomic mass is 10.2. The van der Waals surface area contributed by atoms with E-state index in [0.717, 1.165) is 6.42 Å². The fourth-order valence-electron chi connectivity index (χ4n) is 1.23. The van der Waals surface area contributed by atoms with Gasteiger partial charge >= 0.3 is 5.97 Å². The Labute approximate surface area is 114 Å². The van der Waals surface area contributed by atoms with Gasteiger partial charge in [0, 0.05) is 12.2 Å². The number of anilines is 1. The number of carbonyl (C=O) groups is 2. The van der Waals surface area contributed by atoms with Crippen molar-refractivity contribution in [3.8, 4) is 0 Å². The molecule has 0 bridgehead atoms. The molecular weight excluding hydrogens is 300 g/mol. The van der Waals surface area contributed by atoms with Crippen LogP contribution in [0.3, 0.4) is 0 Å². The summed E-state index contributed by atoms with van der Waals surface area (Å²) in [7, 11) is 0. The number of carbonyl (C=O) groups excluding carboxylic acids is 2. The Balaban J connectivity index is 2.55. The van der Waals surface area contributed by atoms with Crippen LogP contribution in [-0.4, -0.2) is 25.0 Å². The molecule has 1 aromatic carbocycles. The first-order valence-electron chi connectivity index (χ1n) is 5.54. The molecule has 0 aliphatic heterocycles. The number of nitrogens with two attached hydrogens (primary N) is 1. The van der Waals surface area contributed by atoms with Crippen LogP contribution in [-0.2, 0) is 9.53 Å². The zero-order chi connectivity index (χ0) is 13.5. The summed E-state index contributed by atoms with van der Waals surface area (Å²) in [6, 6.07) is 4.88. The second-order valence-corrected chi connectivity index (χ2v) is 4.43. The topological polar surface area (TPSA) is 81.4 Å². The van der Waals surface area contributed by atoms with Crippen molar-refractivity contribution < 1.29 is 14.3 Å². The molecule has 5 nitrogen and oxygen atoms in total. The molecule has 0 heterocycles. The van der Waals surface area contributed by atoms with Crippen LogP contribution in [0.1, 0.15) is 23.7 Å². The van der Waals surface area contributed by atoms with E-state index in [2.05, 4.69) is 21.2 Å². The molecule has 0 spiro atoms. The normalized spacial score (nSPS) is 9.89. The van der Waals surface area contributed by atoms with Gasteiger partial charge in [0.2, 0.25) is 0 Å². The quantitative estimate of drug-likeness (QED) is 0.640. The largest absolute Gasteiger partial charge is 0.452 e. The van der Waals surface area contributed by atoms with Crippen molar-refractivity contribution in [2.24, 2.45) is 0 Å². The smallest absolute Gasteiger partial charge is 0.339 e. The molecule has 0 atom stereocenters. The second kappa shape index (κ2) is 7.00. The number of benzene rings is 1. The number of nitrogen functional groups attached to an aromatic ring is 1. The van der Waals surface area contributed by atoms with Crippen molar-refractivity contribution in [1.29, 1.82) is 0 Å². The zero-order valence-corrected chi connectivity index (χ0v) is 11.6. The van der Waals surface area contributed by atoms with Crippen LogP contribution >= 0.6 is 15.9 Å². The van der Waals surface area contributed by atoms with E-state index in [-0.39, 0.29) is 12.5 Å². The van der Waals surface area contributed by atoms with E-state index in [0.29, 0.717) is 22.3 Å². The van der Waals surface area contributed by atoms with Crippen LogP contribution in [0.2, 0.25) is 0 Å². The van der Waals surface area contributed by atoms with Crippen molar-refractivity contribution in [3.63, 3.8) is 0 Å². The number of rotatable bonds is 5. The van der Waals surface area contributed by atoms with Gasteiger partial charge in [-0.1, -0.05) is 13.0 Å². The van der Waals surface area contributed by atoms with Crippen molar-refractivity contribution in [1.82, 2.24) is 5.32 Å². The van der Waals surface area contributed by atoms with E-state index < -0.39 is 5.97 Å². The molecule has 0 radical (unpaired) electrons. The number of esters is 1. The van der Waals surface area contributed by atoms with E-state index in [9.17, 15) is 9.59 Å². The van der Waals surface area contributed by atoms with Crippen molar-refractivity contribution in [2.75, 3.05) is 18.9 Å². The van der Waals surface area contributed by atoms with Gasteiger partial charge in [0.15, 0.2) is 6.61 Å². The number of hydrogen-bond donors (Lipinski definition) is 2. The summed E-state index contributed by atoms with van der Waals surface area (Å²) in [5.74, 6) is -0.897. The van der Waals surface area contributed by atoms with Crippen molar-refractivity contribution in [2.45, 2.75) is 13.3 Å².